The Morgan fingerprint density at radius 2 is 0.500 bits per heavy atom. The zero-order chi connectivity index (χ0) is 57.8. The number of ether oxygens (including phenoxy) is 3. The van der Waals surface area contributed by atoms with Crippen molar-refractivity contribution in [1.29, 1.82) is 0 Å². The summed E-state index contributed by atoms with van der Waals surface area (Å²) in [4.78, 5) is 38.3. The highest BCUT2D eigenvalue weighted by molar-refractivity contribution is 5.71. The monoisotopic (exact) mass is 1110 g/mol. The van der Waals surface area contributed by atoms with Crippen LogP contribution >= 0.6 is 0 Å². The van der Waals surface area contributed by atoms with Crippen LogP contribution in [-0.4, -0.2) is 37.2 Å². The van der Waals surface area contributed by atoms with Crippen LogP contribution in [0.4, 0.5) is 0 Å². The van der Waals surface area contributed by atoms with Crippen molar-refractivity contribution in [3.05, 3.63) is 134 Å². The van der Waals surface area contributed by atoms with Gasteiger partial charge in [0.25, 0.3) is 0 Å². The predicted molar refractivity (Wildman–Crippen MR) is 348 cm³/mol. The van der Waals surface area contributed by atoms with E-state index in [1.807, 2.05) is 0 Å². The molecule has 0 aromatic carbocycles. The fraction of sp³-hybridized carbons (Fsp3) is 0.662. The predicted octanol–water partition coefficient (Wildman–Crippen LogP) is 22.9. The Balaban J connectivity index is 4.41. The maximum Gasteiger partial charge on any atom is 0.306 e. The number of hydrogen-bond donors (Lipinski definition) is 0. The minimum absolute atomic E-state index is 0.104. The summed E-state index contributed by atoms with van der Waals surface area (Å²) in [5.41, 5.74) is 0. The molecule has 1 unspecified atom stereocenters. The molecular formula is C74H122O6. The third-order valence-electron chi connectivity index (χ3n) is 13.9. The summed E-state index contributed by atoms with van der Waals surface area (Å²) in [5.74, 6) is -0.962. The van der Waals surface area contributed by atoms with Crippen molar-refractivity contribution in [2.45, 2.75) is 303 Å². The second-order valence-corrected chi connectivity index (χ2v) is 21.6. The maximum absolute atomic E-state index is 12.9. The van der Waals surface area contributed by atoms with Crippen LogP contribution in [0.25, 0.3) is 0 Å². The van der Waals surface area contributed by atoms with E-state index in [-0.39, 0.29) is 37.5 Å². The van der Waals surface area contributed by atoms with E-state index >= 15 is 0 Å². The lowest BCUT2D eigenvalue weighted by Crippen LogP contribution is -2.30. The number of hydrogen-bond acceptors (Lipinski definition) is 6. The van der Waals surface area contributed by atoms with Crippen molar-refractivity contribution in [2.24, 2.45) is 0 Å². The SMILES string of the molecule is CC/C=C\C/C=C\C/C=C\C/C=C\C/C=C\C/C=C\CCCCC(=O)OC(COC(=O)CCCCCCC/C=C\C/C=C\CCCC)COC(=O)CCCCCCCCCCCCCC/C=C\C/C=C\C/C=C\CCCCCCC. The average molecular weight is 1110 g/mol. The zero-order valence-electron chi connectivity index (χ0n) is 52.0. The van der Waals surface area contributed by atoms with Gasteiger partial charge >= 0.3 is 17.9 Å². The molecule has 0 fully saturated rings. The minimum Gasteiger partial charge on any atom is -0.462 e. The number of esters is 3. The molecule has 0 spiro atoms. The van der Waals surface area contributed by atoms with Crippen molar-refractivity contribution in [1.82, 2.24) is 0 Å². The zero-order valence-corrected chi connectivity index (χ0v) is 52.0. The van der Waals surface area contributed by atoms with E-state index in [1.54, 1.807) is 0 Å². The lowest BCUT2D eigenvalue weighted by atomic mass is 10.0. The van der Waals surface area contributed by atoms with E-state index in [2.05, 4.69) is 154 Å². The van der Waals surface area contributed by atoms with Crippen molar-refractivity contribution in [3.63, 3.8) is 0 Å². The Morgan fingerprint density at radius 3 is 0.825 bits per heavy atom. The fourth-order valence-corrected chi connectivity index (χ4v) is 8.88. The molecular weight excluding hydrogens is 985 g/mol. The molecule has 0 aliphatic carbocycles. The Bertz CT molecular complexity index is 1700. The van der Waals surface area contributed by atoms with Gasteiger partial charge in [0.15, 0.2) is 6.10 Å². The molecule has 0 aromatic heterocycles. The molecule has 6 nitrogen and oxygen atoms in total. The van der Waals surface area contributed by atoms with Crippen molar-refractivity contribution >= 4 is 17.9 Å². The molecule has 0 aliphatic heterocycles. The smallest absolute Gasteiger partial charge is 0.306 e. The third-order valence-corrected chi connectivity index (χ3v) is 13.9. The summed E-state index contributed by atoms with van der Waals surface area (Å²) in [6.07, 6.45) is 94.6. The van der Waals surface area contributed by atoms with E-state index in [4.69, 9.17) is 14.2 Å². The molecule has 0 heterocycles. The number of allylic oxidation sites excluding steroid dienone is 22. The van der Waals surface area contributed by atoms with E-state index in [9.17, 15) is 14.4 Å². The minimum atomic E-state index is -0.814. The van der Waals surface area contributed by atoms with Crippen LogP contribution in [0.3, 0.4) is 0 Å². The van der Waals surface area contributed by atoms with E-state index in [1.165, 1.54) is 122 Å². The largest absolute Gasteiger partial charge is 0.462 e. The quantitative estimate of drug-likeness (QED) is 0.0261. The summed E-state index contributed by atoms with van der Waals surface area (Å²) in [6.45, 7) is 6.44. The first-order valence-corrected chi connectivity index (χ1v) is 33.2. The summed E-state index contributed by atoms with van der Waals surface area (Å²) in [6, 6.07) is 0. The van der Waals surface area contributed by atoms with Gasteiger partial charge in [-0.1, -0.05) is 276 Å². The summed E-state index contributed by atoms with van der Waals surface area (Å²) < 4.78 is 16.9. The molecule has 0 N–H and O–H groups in total. The Morgan fingerprint density at radius 1 is 0.263 bits per heavy atom. The van der Waals surface area contributed by atoms with Gasteiger partial charge in [-0.15, -0.1) is 0 Å². The summed E-state index contributed by atoms with van der Waals surface area (Å²) >= 11 is 0. The topological polar surface area (TPSA) is 78.9 Å². The van der Waals surface area contributed by atoms with Crippen LogP contribution in [0.2, 0.25) is 0 Å². The molecule has 1 atom stereocenters. The number of carbonyl (C=O) groups excluding carboxylic acids is 3. The van der Waals surface area contributed by atoms with Crippen LogP contribution in [0, 0.1) is 0 Å². The Labute approximate surface area is 494 Å². The second-order valence-electron chi connectivity index (χ2n) is 21.6. The van der Waals surface area contributed by atoms with Gasteiger partial charge < -0.3 is 14.2 Å². The molecule has 80 heavy (non-hydrogen) atoms. The number of carbonyl (C=O) groups is 3. The van der Waals surface area contributed by atoms with Crippen molar-refractivity contribution < 1.29 is 28.6 Å². The fourth-order valence-electron chi connectivity index (χ4n) is 8.88. The van der Waals surface area contributed by atoms with Crippen LogP contribution in [0.15, 0.2) is 134 Å². The van der Waals surface area contributed by atoms with Gasteiger partial charge in [0.2, 0.25) is 0 Å². The molecule has 0 bridgehead atoms. The van der Waals surface area contributed by atoms with Crippen LogP contribution in [0.5, 0.6) is 0 Å². The molecule has 0 amide bonds. The first-order chi connectivity index (χ1) is 39.5. The van der Waals surface area contributed by atoms with Crippen molar-refractivity contribution in [2.75, 3.05) is 13.2 Å². The average Bonchev–Trinajstić information content (AvgIpc) is 3.46. The van der Waals surface area contributed by atoms with Crippen LogP contribution in [-0.2, 0) is 28.6 Å². The van der Waals surface area contributed by atoms with Gasteiger partial charge in [0.05, 0.1) is 0 Å². The van der Waals surface area contributed by atoms with Gasteiger partial charge in [-0.25, -0.2) is 0 Å². The van der Waals surface area contributed by atoms with Gasteiger partial charge in [-0.05, 0) is 135 Å². The molecule has 0 rings (SSSR count). The molecule has 0 aromatic rings. The van der Waals surface area contributed by atoms with E-state index in [0.29, 0.717) is 19.3 Å². The normalized spacial score (nSPS) is 13.0. The van der Waals surface area contributed by atoms with Gasteiger partial charge in [-0.3, -0.25) is 14.4 Å². The molecule has 0 saturated heterocycles. The summed E-state index contributed by atoms with van der Waals surface area (Å²) in [7, 11) is 0. The van der Waals surface area contributed by atoms with Crippen LogP contribution in [0.1, 0.15) is 297 Å². The van der Waals surface area contributed by atoms with E-state index < -0.39 is 6.10 Å². The summed E-state index contributed by atoms with van der Waals surface area (Å²) in [5, 5.41) is 0. The number of rotatable bonds is 59. The molecule has 0 radical (unpaired) electrons. The molecule has 454 valence electrons. The first kappa shape index (κ1) is 75.5. The van der Waals surface area contributed by atoms with Gasteiger partial charge in [-0.2, -0.15) is 0 Å². The van der Waals surface area contributed by atoms with Gasteiger partial charge in [0, 0.05) is 19.3 Å². The molecule has 0 saturated carbocycles. The lowest BCUT2D eigenvalue weighted by Gasteiger charge is -2.18. The highest BCUT2D eigenvalue weighted by Gasteiger charge is 2.19. The highest BCUT2D eigenvalue weighted by Crippen LogP contribution is 2.15. The third kappa shape index (κ3) is 64.4. The Hall–Kier alpha value is -4.45. The molecule has 0 aliphatic rings. The van der Waals surface area contributed by atoms with Gasteiger partial charge in [0.1, 0.15) is 13.2 Å². The second kappa shape index (κ2) is 67.1. The lowest BCUT2D eigenvalue weighted by molar-refractivity contribution is -0.167. The first-order valence-electron chi connectivity index (χ1n) is 33.2. The highest BCUT2D eigenvalue weighted by atomic mass is 16.6. The molecule has 6 heteroatoms. The number of unbranched alkanes of at least 4 members (excludes halogenated alkanes) is 26. The Kier molecular flexibility index (Phi) is 63.3. The van der Waals surface area contributed by atoms with Crippen LogP contribution < -0.4 is 0 Å². The standard InChI is InChI=1S/C74H122O6/c1-4-7-10-13-16-19-22-25-28-30-32-34-35-36-37-38-39-41-42-44-46-49-52-55-58-61-64-67-73(76)79-70-71(69-78-72(75)66-63-60-57-54-51-48-27-24-21-18-15-12-9-6-3)80-74(77)68-65-62-59-56-53-50-47-45-43-40-33-31-29-26-23-20-17-14-11-8-5-2/h8,11,15,17-18,20,22,24-27,29-30,32-33,35-36,40,45,47,53,56,71H,4-7,9-10,12-14,16,19,21,23,28,31,34,37-39,41-44,46,48-52,54-55,57-70H2,1-3H3/b11-8-,18-15-,20-17-,25-22-,27-24-,29-26-,32-30-,36-35-,40-33-,47-45-,56-53-. The maximum atomic E-state index is 12.9. The van der Waals surface area contributed by atoms with E-state index in [0.717, 1.165) is 128 Å². The van der Waals surface area contributed by atoms with Crippen molar-refractivity contribution in [3.8, 4) is 0 Å².